The van der Waals surface area contributed by atoms with Gasteiger partial charge >= 0.3 is 0 Å². The van der Waals surface area contributed by atoms with Crippen molar-refractivity contribution in [3.8, 4) is 0 Å². The van der Waals surface area contributed by atoms with E-state index in [0.29, 0.717) is 11.6 Å². The van der Waals surface area contributed by atoms with Gasteiger partial charge in [-0.3, -0.25) is 9.48 Å². The van der Waals surface area contributed by atoms with Crippen LogP contribution in [-0.4, -0.2) is 21.3 Å². The molecule has 1 aromatic rings. The van der Waals surface area contributed by atoms with Crippen LogP contribution in [-0.2, 0) is 7.05 Å². The van der Waals surface area contributed by atoms with E-state index in [0.717, 1.165) is 12.0 Å². The van der Waals surface area contributed by atoms with E-state index in [-0.39, 0.29) is 0 Å². The minimum atomic E-state index is 0.500. The van der Waals surface area contributed by atoms with Gasteiger partial charge in [0.1, 0.15) is 5.69 Å². The summed E-state index contributed by atoms with van der Waals surface area (Å²) in [5.74, 6) is 0.500. The van der Waals surface area contributed by atoms with E-state index in [1.54, 1.807) is 4.68 Å². The molecule has 0 atom stereocenters. The summed E-state index contributed by atoms with van der Waals surface area (Å²) in [6.07, 6.45) is 5.66. The Labute approximate surface area is 76.9 Å². The monoisotopic (exact) mass is 179 g/mol. The summed E-state index contributed by atoms with van der Waals surface area (Å²) >= 11 is 0. The number of aryl methyl sites for hydroxylation is 1. The van der Waals surface area contributed by atoms with Gasteiger partial charge in [-0.2, -0.15) is 0 Å². The molecule has 4 nitrogen and oxygen atoms in total. The molecule has 1 aromatic heterocycles. The zero-order chi connectivity index (χ0) is 9.26. The lowest BCUT2D eigenvalue weighted by atomic mass is 10.0. The molecule has 0 amide bonds. The third kappa shape index (κ3) is 1.36. The molecule has 1 heterocycles. The Morgan fingerprint density at radius 2 is 2.15 bits per heavy atom. The fourth-order valence-corrected chi connectivity index (χ4v) is 2.14. The molecule has 1 saturated carbocycles. The van der Waals surface area contributed by atoms with Crippen LogP contribution < -0.4 is 0 Å². The molecule has 2 rings (SSSR count). The average Bonchev–Trinajstić information content (AvgIpc) is 2.72. The standard InChI is InChI=1S/C9H13N3O/c1-12-9(7-4-2-3-5-7)8(6-13)10-11-12/h6-7H,2-5H2,1H3. The second kappa shape index (κ2) is 3.28. The topological polar surface area (TPSA) is 47.8 Å². The van der Waals surface area contributed by atoms with Crippen molar-refractivity contribution in [1.82, 2.24) is 15.0 Å². The molecule has 4 heteroatoms. The number of rotatable bonds is 2. The van der Waals surface area contributed by atoms with Crippen molar-refractivity contribution in [1.29, 1.82) is 0 Å². The third-order valence-electron chi connectivity index (χ3n) is 2.75. The summed E-state index contributed by atoms with van der Waals surface area (Å²) in [6, 6.07) is 0. The molecule has 1 fully saturated rings. The van der Waals surface area contributed by atoms with Crippen LogP contribution in [0, 0.1) is 0 Å². The van der Waals surface area contributed by atoms with Gasteiger partial charge in [0.25, 0.3) is 0 Å². The van der Waals surface area contributed by atoms with Gasteiger partial charge in [-0.25, -0.2) is 0 Å². The fourth-order valence-electron chi connectivity index (χ4n) is 2.14. The normalized spacial score (nSPS) is 17.9. The first kappa shape index (κ1) is 8.41. The van der Waals surface area contributed by atoms with Crippen molar-refractivity contribution in [3.05, 3.63) is 11.4 Å². The first-order valence-electron chi connectivity index (χ1n) is 4.67. The zero-order valence-electron chi connectivity index (χ0n) is 7.73. The second-order valence-corrected chi connectivity index (χ2v) is 3.58. The van der Waals surface area contributed by atoms with Crippen LogP contribution in [0.15, 0.2) is 0 Å². The fraction of sp³-hybridized carbons (Fsp3) is 0.667. The predicted octanol–water partition coefficient (Wildman–Crippen LogP) is 1.29. The molecule has 0 radical (unpaired) electrons. The van der Waals surface area contributed by atoms with Gasteiger partial charge in [0, 0.05) is 13.0 Å². The lowest BCUT2D eigenvalue weighted by Crippen LogP contribution is -2.04. The van der Waals surface area contributed by atoms with E-state index in [1.165, 1.54) is 25.7 Å². The molecule has 0 spiro atoms. The Balaban J connectivity index is 2.35. The molecule has 1 aliphatic rings. The average molecular weight is 179 g/mol. The molecule has 1 aliphatic carbocycles. The Morgan fingerprint density at radius 3 is 2.77 bits per heavy atom. The molecule has 0 N–H and O–H groups in total. The van der Waals surface area contributed by atoms with E-state index in [4.69, 9.17) is 0 Å². The van der Waals surface area contributed by atoms with Gasteiger partial charge in [0.2, 0.25) is 0 Å². The maximum absolute atomic E-state index is 10.7. The third-order valence-corrected chi connectivity index (χ3v) is 2.75. The first-order chi connectivity index (χ1) is 6.33. The Kier molecular flexibility index (Phi) is 2.12. The quantitative estimate of drug-likeness (QED) is 0.642. The highest BCUT2D eigenvalue weighted by Crippen LogP contribution is 2.34. The van der Waals surface area contributed by atoms with Gasteiger partial charge in [0.05, 0.1) is 5.69 Å². The van der Waals surface area contributed by atoms with Gasteiger partial charge in [0.15, 0.2) is 6.29 Å². The van der Waals surface area contributed by atoms with Gasteiger partial charge < -0.3 is 0 Å². The molecule has 0 aromatic carbocycles. The summed E-state index contributed by atoms with van der Waals surface area (Å²) < 4.78 is 1.74. The molecule has 0 unspecified atom stereocenters. The van der Waals surface area contributed by atoms with Gasteiger partial charge in [-0.05, 0) is 12.8 Å². The highest BCUT2D eigenvalue weighted by Gasteiger charge is 2.23. The van der Waals surface area contributed by atoms with Gasteiger partial charge in [-0.1, -0.05) is 18.1 Å². The Bertz CT molecular complexity index is 313. The minimum absolute atomic E-state index is 0.500. The summed E-state index contributed by atoms with van der Waals surface area (Å²) in [7, 11) is 1.85. The number of nitrogens with zero attached hydrogens (tertiary/aromatic N) is 3. The molecule has 0 bridgehead atoms. The Hall–Kier alpha value is -1.19. The largest absolute Gasteiger partial charge is 0.296 e. The van der Waals surface area contributed by atoms with Crippen molar-refractivity contribution < 1.29 is 4.79 Å². The number of aldehydes is 1. The number of hydrogen-bond donors (Lipinski definition) is 0. The van der Waals surface area contributed by atoms with Gasteiger partial charge in [-0.15, -0.1) is 5.10 Å². The van der Waals surface area contributed by atoms with Crippen LogP contribution in [0.1, 0.15) is 47.8 Å². The number of hydrogen-bond acceptors (Lipinski definition) is 3. The SMILES string of the molecule is Cn1nnc(C=O)c1C1CCCC1. The first-order valence-corrected chi connectivity index (χ1v) is 4.67. The van der Waals surface area contributed by atoms with Crippen molar-refractivity contribution in [2.75, 3.05) is 0 Å². The molecular weight excluding hydrogens is 166 g/mol. The lowest BCUT2D eigenvalue weighted by Gasteiger charge is -2.08. The van der Waals surface area contributed by atoms with Crippen LogP contribution in [0.4, 0.5) is 0 Å². The summed E-state index contributed by atoms with van der Waals surface area (Å²) in [5.41, 5.74) is 1.54. The van der Waals surface area contributed by atoms with Crippen LogP contribution in [0.2, 0.25) is 0 Å². The minimum Gasteiger partial charge on any atom is -0.296 e. The number of carbonyl (C=O) groups is 1. The summed E-state index contributed by atoms with van der Waals surface area (Å²) in [4.78, 5) is 10.7. The zero-order valence-corrected chi connectivity index (χ0v) is 7.73. The predicted molar refractivity (Wildman–Crippen MR) is 47.6 cm³/mol. The molecular formula is C9H13N3O. The van der Waals surface area contributed by atoms with E-state index in [1.807, 2.05) is 7.05 Å². The van der Waals surface area contributed by atoms with Crippen molar-refractivity contribution >= 4 is 6.29 Å². The maximum Gasteiger partial charge on any atom is 0.172 e. The second-order valence-electron chi connectivity index (χ2n) is 3.58. The number of aromatic nitrogens is 3. The maximum atomic E-state index is 10.7. The smallest absolute Gasteiger partial charge is 0.172 e. The molecule has 0 saturated heterocycles. The number of carbonyl (C=O) groups excluding carboxylic acids is 1. The van der Waals surface area contributed by atoms with Crippen LogP contribution in [0.3, 0.4) is 0 Å². The lowest BCUT2D eigenvalue weighted by molar-refractivity contribution is 0.111. The highest BCUT2D eigenvalue weighted by molar-refractivity contribution is 5.73. The van der Waals surface area contributed by atoms with Crippen molar-refractivity contribution in [3.63, 3.8) is 0 Å². The van der Waals surface area contributed by atoms with Crippen LogP contribution >= 0.6 is 0 Å². The van der Waals surface area contributed by atoms with E-state index >= 15 is 0 Å². The van der Waals surface area contributed by atoms with E-state index in [9.17, 15) is 4.79 Å². The van der Waals surface area contributed by atoms with Crippen LogP contribution in [0.25, 0.3) is 0 Å². The summed E-state index contributed by atoms with van der Waals surface area (Å²) in [6.45, 7) is 0. The van der Waals surface area contributed by atoms with Crippen molar-refractivity contribution in [2.45, 2.75) is 31.6 Å². The molecule has 13 heavy (non-hydrogen) atoms. The van der Waals surface area contributed by atoms with E-state index < -0.39 is 0 Å². The molecule has 0 aliphatic heterocycles. The van der Waals surface area contributed by atoms with Crippen molar-refractivity contribution in [2.24, 2.45) is 7.05 Å². The Morgan fingerprint density at radius 1 is 1.46 bits per heavy atom. The molecule has 70 valence electrons. The van der Waals surface area contributed by atoms with E-state index in [2.05, 4.69) is 10.3 Å². The van der Waals surface area contributed by atoms with Crippen LogP contribution in [0.5, 0.6) is 0 Å². The summed E-state index contributed by atoms with van der Waals surface area (Å²) in [5, 5.41) is 7.69. The highest BCUT2D eigenvalue weighted by atomic mass is 16.1.